The predicted octanol–water partition coefficient (Wildman–Crippen LogP) is 7.23. The SMILES string of the molecule is CCCCCCCCNS(=O)(=O)C(F)(F)C(F)(F)C(F)(F)C(F)(F)C(F)(F)C(F)(F)C(F)(F)C(F)(F)F. The van der Waals surface area contributed by atoms with Crippen molar-refractivity contribution in [3.05, 3.63) is 0 Å². The second kappa shape index (κ2) is 10.7. The molecule has 0 aromatic carbocycles. The number of halogens is 17. The Balaban J connectivity index is 6.28. The Bertz CT molecular complexity index is 867. The van der Waals surface area contributed by atoms with E-state index in [1.54, 1.807) is 6.92 Å². The molecule has 224 valence electrons. The van der Waals surface area contributed by atoms with Gasteiger partial charge in [0.25, 0.3) is 10.0 Å². The molecule has 0 fully saturated rings. The summed E-state index contributed by atoms with van der Waals surface area (Å²) in [6.07, 6.45) is -6.00. The predicted molar refractivity (Wildman–Crippen MR) is 91.0 cm³/mol. The molecule has 0 radical (unpaired) electrons. The molecule has 37 heavy (non-hydrogen) atoms. The maximum Gasteiger partial charge on any atom is 0.460 e. The summed E-state index contributed by atoms with van der Waals surface area (Å²) in [5.74, 6) is -51.5. The second-order valence-corrected chi connectivity index (χ2v) is 9.43. The van der Waals surface area contributed by atoms with Crippen molar-refractivity contribution >= 4 is 10.0 Å². The first kappa shape index (κ1) is 35.7. The van der Waals surface area contributed by atoms with Crippen molar-refractivity contribution in [2.45, 2.75) is 92.4 Å². The van der Waals surface area contributed by atoms with E-state index < -0.39 is 70.0 Å². The fourth-order valence-corrected chi connectivity index (χ4v) is 3.58. The molecule has 0 bridgehead atoms. The minimum absolute atomic E-state index is 0.0352. The Morgan fingerprint density at radius 1 is 0.486 bits per heavy atom. The largest absolute Gasteiger partial charge is 0.460 e. The van der Waals surface area contributed by atoms with Crippen LogP contribution in [0.5, 0.6) is 0 Å². The maximum atomic E-state index is 13.8. The lowest BCUT2D eigenvalue weighted by Crippen LogP contribution is -2.75. The van der Waals surface area contributed by atoms with Crippen LogP contribution in [0, 0.1) is 0 Å². The van der Waals surface area contributed by atoms with Gasteiger partial charge >= 0.3 is 47.0 Å². The molecule has 21 heteroatoms. The quantitative estimate of drug-likeness (QED) is 0.157. The summed E-state index contributed by atoms with van der Waals surface area (Å²) in [5, 5.41) is -7.51. The van der Waals surface area contributed by atoms with E-state index in [0.29, 0.717) is 30.4 Å². The van der Waals surface area contributed by atoms with Gasteiger partial charge in [-0.2, -0.15) is 74.6 Å². The molecule has 1 N–H and O–H groups in total. The topological polar surface area (TPSA) is 46.2 Å². The van der Waals surface area contributed by atoms with Gasteiger partial charge in [-0.15, -0.1) is 0 Å². The second-order valence-electron chi connectivity index (χ2n) is 7.63. The van der Waals surface area contributed by atoms with Crippen LogP contribution in [0.25, 0.3) is 0 Å². The number of alkyl halides is 17. The van der Waals surface area contributed by atoms with Crippen LogP contribution in [0.1, 0.15) is 45.4 Å². The molecule has 0 amide bonds. The number of unbranched alkanes of at least 4 members (excludes halogenated alkanes) is 5. The highest BCUT2D eigenvalue weighted by molar-refractivity contribution is 7.90. The minimum atomic E-state index is -8.82. The molecule has 0 rings (SSSR count). The van der Waals surface area contributed by atoms with Gasteiger partial charge in [0.05, 0.1) is 0 Å². The molecule has 0 spiro atoms. The zero-order chi connectivity index (χ0) is 30.2. The molecule has 0 unspecified atom stereocenters. The lowest BCUT2D eigenvalue weighted by atomic mass is 9.91. The number of hydrogen-bond acceptors (Lipinski definition) is 2. The van der Waals surface area contributed by atoms with Gasteiger partial charge in [0, 0.05) is 6.54 Å². The molecule has 3 nitrogen and oxygen atoms in total. The number of rotatable bonds is 15. The van der Waals surface area contributed by atoms with Crippen LogP contribution >= 0.6 is 0 Å². The summed E-state index contributed by atoms with van der Waals surface area (Å²) in [5.41, 5.74) is 0. The van der Waals surface area contributed by atoms with E-state index in [-0.39, 0.29) is 6.42 Å². The molecular formula is C16H18F17NO2S. The van der Waals surface area contributed by atoms with Gasteiger partial charge in [0.15, 0.2) is 0 Å². The van der Waals surface area contributed by atoms with Crippen molar-refractivity contribution in [1.29, 1.82) is 0 Å². The first-order valence-corrected chi connectivity index (χ1v) is 11.2. The van der Waals surface area contributed by atoms with E-state index in [9.17, 15) is 83.1 Å². The van der Waals surface area contributed by atoms with Crippen LogP contribution in [0.3, 0.4) is 0 Å². The van der Waals surface area contributed by atoms with Gasteiger partial charge in [-0.1, -0.05) is 39.0 Å². The Morgan fingerprint density at radius 3 is 1.19 bits per heavy atom. The van der Waals surface area contributed by atoms with Crippen molar-refractivity contribution in [3.8, 4) is 0 Å². The van der Waals surface area contributed by atoms with Gasteiger partial charge in [-0.05, 0) is 6.42 Å². The van der Waals surface area contributed by atoms with Crippen LogP contribution in [0.4, 0.5) is 74.6 Å². The van der Waals surface area contributed by atoms with Crippen LogP contribution in [0.15, 0.2) is 0 Å². The first-order valence-electron chi connectivity index (χ1n) is 9.76. The summed E-state index contributed by atoms with van der Waals surface area (Å²) in [7, 11) is -7.20. The molecule has 0 saturated heterocycles. The fraction of sp³-hybridized carbons (Fsp3) is 1.00. The summed E-state index contributed by atoms with van der Waals surface area (Å²) >= 11 is 0. The zero-order valence-electron chi connectivity index (χ0n) is 18.1. The van der Waals surface area contributed by atoms with Crippen molar-refractivity contribution in [1.82, 2.24) is 4.72 Å². The van der Waals surface area contributed by atoms with Crippen molar-refractivity contribution < 1.29 is 83.1 Å². The van der Waals surface area contributed by atoms with Gasteiger partial charge in [0.2, 0.25) is 0 Å². The third-order valence-corrected chi connectivity index (χ3v) is 6.37. The average molecular weight is 611 g/mol. The van der Waals surface area contributed by atoms with E-state index in [2.05, 4.69) is 0 Å². The van der Waals surface area contributed by atoms with Gasteiger partial charge in [0.1, 0.15) is 0 Å². The third kappa shape index (κ3) is 5.70. The van der Waals surface area contributed by atoms with E-state index >= 15 is 0 Å². The Labute approximate surface area is 197 Å². The highest BCUT2D eigenvalue weighted by Crippen LogP contribution is 2.64. The third-order valence-electron chi connectivity index (χ3n) is 4.85. The Hall–Kier alpha value is -1.28. The number of sulfonamides is 1. The van der Waals surface area contributed by atoms with Gasteiger partial charge in [-0.25, -0.2) is 13.1 Å². The Morgan fingerprint density at radius 2 is 0.811 bits per heavy atom. The summed E-state index contributed by atoms with van der Waals surface area (Å²) < 4.78 is 248. The zero-order valence-corrected chi connectivity index (χ0v) is 18.9. The lowest BCUT2D eigenvalue weighted by Gasteiger charge is -2.42. The lowest BCUT2D eigenvalue weighted by molar-refractivity contribution is -0.458. The van der Waals surface area contributed by atoms with Gasteiger partial charge < -0.3 is 0 Å². The van der Waals surface area contributed by atoms with Crippen molar-refractivity contribution in [2.75, 3.05) is 6.54 Å². The molecule has 0 aliphatic rings. The fourth-order valence-electron chi connectivity index (χ4n) is 2.52. The van der Waals surface area contributed by atoms with Crippen LogP contribution in [-0.2, 0) is 10.0 Å². The summed E-state index contributed by atoms with van der Waals surface area (Å²) in [4.78, 5) is 0. The number of nitrogens with one attached hydrogen (secondary N) is 1. The minimum Gasteiger partial charge on any atom is -0.210 e. The molecule has 0 atom stereocenters. The van der Waals surface area contributed by atoms with E-state index in [1.165, 1.54) is 0 Å². The molecule has 0 aliphatic carbocycles. The van der Waals surface area contributed by atoms with E-state index in [4.69, 9.17) is 0 Å². The molecular weight excluding hydrogens is 593 g/mol. The molecule has 0 aliphatic heterocycles. The molecule has 0 aromatic rings. The first-order chi connectivity index (χ1) is 16.1. The summed E-state index contributed by atoms with van der Waals surface area (Å²) in [6.45, 7) is 0.558. The van der Waals surface area contributed by atoms with E-state index in [1.807, 2.05) is 0 Å². The van der Waals surface area contributed by atoms with Gasteiger partial charge in [-0.3, -0.25) is 0 Å². The molecule has 0 aromatic heterocycles. The van der Waals surface area contributed by atoms with Crippen LogP contribution in [0.2, 0.25) is 0 Å². The highest BCUT2D eigenvalue weighted by atomic mass is 32.2. The maximum absolute atomic E-state index is 13.8. The highest BCUT2D eigenvalue weighted by Gasteiger charge is 2.96. The monoisotopic (exact) mass is 611 g/mol. The molecule has 0 saturated carbocycles. The average Bonchev–Trinajstić information content (AvgIpc) is 2.71. The normalized spacial score (nSPS) is 15.8. The summed E-state index contributed by atoms with van der Waals surface area (Å²) in [6, 6.07) is 0. The van der Waals surface area contributed by atoms with Crippen molar-refractivity contribution in [3.63, 3.8) is 0 Å². The number of hydrogen-bond donors (Lipinski definition) is 1. The van der Waals surface area contributed by atoms with Crippen molar-refractivity contribution in [2.24, 2.45) is 0 Å². The smallest absolute Gasteiger partial charge is 0.210 e. The van der Waals surface area contributed by atoms with E-state index in [0.717, 1.165) is 0 Å². The standard InChI is InChI=1S/C16H18F17NO2S/c1-2-3-4-5-6-7-8-34-37(35,36)16(32,33)14(27,28)12(23,24)10(19,20)9(17,18)11(21,22)13(25,26)15(29,30)31/h34H,2-8H2,1H3. The van der Waals surface area contributed by atoms with Crippen LogP contribution in [-0.4, -0.2) is 61.9 Å². The Kier molecular flexibility index (Phi) is 10.3. The van der Waals surface area contributed by atoms with Crippen LogP contribution < -0.4 is 4.72 Å². The molecule has 0 heterocycles.